The minimum Gasteiger partial charge on any atom is -0.493 e. The van der Waals surface area contributed by atoms with Crippen LogP contribution >= 0.6 is 0 Å². The number of halogens is 2. The number of nitrogens with one attached hydrogen (secondary N) is 2. The van der Waals surface area contributed by atoms with E-state index in [0.29, 0.717) is 5.75 Å². The van der Waals surface area contributed by atoms with Crippen molar-refractivity contribution >= 4 is 11.8 Å². The van der Waals surface area contributed by atoms with E-state index < -0.39 is 18.4 Å². The number of alkyl halides is 2. The second-order valence-corrected chi connectivity index (χ2v) is 5.94. The molecule has 0 spiro atoms. The molecule has 0 atom stereocenters. The van der Waals surface area contributed by atoms with Gasteiger partial charge in [0.15, 0.2) is 11.5 Å². The van der Waals surface area contributed by atoms with Crippen LogP contribution in [0, 0.1) is 6.92 Å². The SMILES string of the molecule is COc1cc(C(=O)NCC(=O)NCCOc2cccc(C)c2)ccc1OC(F)F. The van der Waals surface area contributed by atoms with Crippen molar-refractivity contribution in [3.05, 3.63) is 53.6 Å². The summed E-state index contributed by atoms with van der Waals surface area (Å²) >= 11 is 0. The van der Waals surface area contributed by atoms with Gasteiger partial charge in [0.05, 0.1) is 20.2 Å². The number of rotatable bonds is 10. The number of hydrogen-bond donors (Lipinski definition) is 2. The topological polar surface area (TPSA) is 85.9 Å². The standard InChI is InChI=1S/C20H22F2N2O5/c1-13-4-3-5-15(10-13)28-9-8-23-18(25)12-24-19(26)14-6-7-16(29-20(21)22)17(11-14)27-2/h3-7,10-11,20H,8-9,12H2,1-2H3,(H,23,25)(H,24,26). The largest absolute Gasteiger partial charge is 0.493 e. The van der Waals surface area contributed by atoms with Crippen molar-refractivity contribution in [2.24, 2.45) is 0 Å². The molecule has 0 heterocycles. The first-order valence-electron chi connectivity index (χ1n) is 8.76. The summed E-state index contributed by atoms with van der Waals surface area (Å²) in [6, 6.07) is 11.3. The van der Waals surface area contributed by atoms with Crippen molar-refractivity contribution in [2.45, 2.75) is 13.5 Å². The Hall–Kier alpha value is -3.36. The van der Waals surface area contributed by atoms with Crippen LogP contribution in [-0.2, 0) is 4.79 Å². The van der Waals surface area contributed by atoms with Gasteiger partial charge in [-0.05, 0) is 42.8 Å². The van der Waals surface area contributed by atoms with Crippen LogP contribution in [0.5, 0.6) is 17.2 Å². The molecular formula is C20H22F2N2O5. The maximum atomic E-state index is 12.3. The smallest absolute Gasteiger partial charge is 0.387 e. The number of carbonyl (C=O) groups is 2. The van der Waals surface area contributed by atoms with Crippen LogP contribution in [-0.4, -0.2) is 45.2 Å². The summed E-state index contributed by atoms with van der Waals surface area (Å²) in [6.07, 6.45) is 0. The summed E-state index contributed by atoms with van der Waals surface area (Å²) in [5.41, 5.74) is 1.21. The molecule has 156 valence electrons. The van der Waals surface area contributed by atoms with E-state index in [1.807, 2.05) is 31.2 Å². The number of carbonyl (C=O) groups excluding carboxylic acids is 2. The van der Waals surface area contributed by atoms with E-state index >= 15 is 0 Å². The van der Waals surface area contributed by atoms with Crippen molar-refractivity contribution in [3.8, 4) is 17.2 Å². The quantitative estimate of drug-likeness (QED) is 0.590. The van der Waals surface area contributed by atoms with Gasteiger partial charge in [0.25, 0.3) is 5.91 Å². The van der Waals surface area contributed by atoms with Crippen molar-refractivity contribution in [1.82, 2.24) is 10.6 Å². The van der Waals surface area contributed by atoms with Crippen LogP contribution < -0.4 is 24.8 Å². The molecule has 0 saturated heterocycles. The molecule has 0 saturated carbocycles. The zero-order chi connectivity index (χ0) is 21.2. The number of methoxy groups -OCH3 is 1. The molecule has 2 rings (SSSR count). The third-order valence-electron chi connectivity index (χ3n) is 3.73. The van der Waals surface area contributed by atoms with E-state index in [1.54, 1.807) is 0 Å². The van der Waals surface area contributed by atoms with Gasteiger partial charge in [-0.2, -0.15) is 8.78 Å². The zero-order valence-corrected chi connectivity index (χ0v) is 16.0. The summed E-state index contributed by atoms with van der Waals surface area (Å²) in [6.45, 7) is -0.753. The molecular weight excluding hydrogens is 386 g/mol. The Morgan fingerprint density at radius 3 is 2.55 bits per heavy atom. The fourth-order valence-electron chi connectivity index (χ4n) is 2.39. The van der Waals surface area contributed by atoms with Crippen molar-refractivity contribution < 1.29 is 32.6 Å². The lowest BCUT2D eigenvalue weighted by Gasteiger charge is -2.12. The zero-order valence-electron chi connectivity index (χ0n) is 16.0. The molecule has 9 heteroatoms. The lowest BCUT2D eigenvalue weighted by molar-refractivity contribution is -0.120. The summed E-state index contributed by atoms with van der Waals surface area (Å²) in [5, 5.41) is 5.06. The average Bonchev–Trinajstić information content (AvgIpc) is 2.69. The summed E-state index contributed by atoms with van der Waals surface area (Å²) < 4.78 is 39.4. The highest BCUT2D eigenvalue weighted by Gasteiger charge is 2.14. The Morgan fingerprint density at radius 2 is 1.86 bits per heavy atom. The molecule has 2 N–H and O–H groups in total. The van der Waals surface area contributed by atoms with Gasteiger partial charge < -0.3 is 24.8 Å². The van der Waals surface area contributed by atoms with Gasteiger partial charge in [0, 0.05) is 5.56 Å². The van der Waals surface area contributed by atoms with Gasteiger partial charge in [-0.3, -0.25) is 9.59 Å². The predicted octanol–water partition coefficient (Wildman–Crippen LogP) is 2.53. The molecule has 0 aliphatic carbocycles. The number of hydrogen-bond acceptors (Lipinski definition) is 5. The third-order valence-corrected chi connectivity index (χ3v) is 3.73. The van der Waals surface area contributed by atoms with Crippen LogP contribution in [0.15, 0.2) is 42.5 Å². The second-order valence-electron chi connectivity index (χ2n) is 5.94. The molecule has 0 bridgehead atoms. The number of benzene rings is 2. The molecule has 0 aliphatic rings. The minimum absolute atomic E-state index is 0.0179. The molecule has 0 unspecified atom stereocenters. The predicted molar refractivity (Wildman–Crippen MR) is 102 cm³/mol. The van der Waals surface area contributed by atoms with Crippen molar-refractivity contribution in [3.63, 3.8) is 0 Å². The lowest BCUT2D eigenvalue weighted by Crippen LogP contribution is -2.38. The first kappa shape index (κ1) is 21.9. The molecule has 0 fully saturated rings. The highest BCUT2D eigenvalue weighted by molar-refractivity contribution is 5.97. The van der Waals surface area contributed by atoms with Gasteiger partial charge in [-0.25, -0.2) is 0 Å². The van der Waals surface area contributed by atoms with Crippen LogP contribution in [0.3, 0.4) is 0 Å². The fraction of sp³-hybridized carbons (Fsp3) is 0.300. The lowest BCUT2D eigenvalue weighted by atomic mass is 10.2. The maximum absolute atomic E-state index is 12.3. The molecule has 0 aromatic heterocycles. The Balaban J connectivity index is 1.75. The Bertz CT molecular complexity index is 845. The minimum atomic E-state index is -3.01. The maximum Gasteiger partial charge on any atom is 0.387 e. The summed E-state index contributed by atoms with van der Waals surface area (Å²) in [4.78, 5) is 24.0. The molecule has 29 heavy (non-hydrogen) atoms. The van der Waals surface area contributed by atoms with E-state index in [1.165, 1.54) is 25.3 Å². The molecule has 0 aliphatic heterocycles. The van der Waals surface area contributed by atoms with Crippen molar-refractivity contribution in [2.75, 3.05) is 26.8 Å². The van der Waals surface area contributed by atoms with E-state index in [-0.39, 0.29) is 36.8 Å². The number of amides is 2. The Morgan fingerprint density at radius 1 is 1.07 bits per heavy atom. The summed E-state index contributed by atoms with van der Waals surface area (Å²) in [5.74, 6) is -0.448. The van der Waals surface area contributed by atoms with E-state index in [2.05, 4.69) is 15.4 Å². The third kappa shape index (κ3) is 7.28. The molecule has 2 aromatic carbocycles. The van der Waals surface area contributed by atoms with Crippen molar-refractivity contribution in [1.29, 1.82) is 0 Å². The Labute approximate surface area is 167 Å². The monoisotopic (exact) mass is 408 g/mol. The number of aryl methyl sites for hydroxylation is 1. The first-order chi connectivity index (χ1) is 13.9. The van der Waals surface area contributed by atoms with E-state index in [0.717, 1.165) is 5.56 Å². The highest BCUT2D eigenvalue weighted by atomic mass is 19.3. The van der Waals surface area contributed by atoms with E-state index in [9.17, 15) is 18.4 Å². The molecule has 7 nitrogen and oxygen atoms in total. The highest BCUT2D eigenvalue weighted by Crippen LogP contribution is 2.29. The van der Waals surface area contributed by atoms with Gasteiger partial charge in [0.2, 0.25) is 5.91 Å². The Kier molecular flexibility index (Phi) is 8.20. The molecule has 0 radical (unpaired) electrons. The van der Waals surface area contributed by atoms with Gasteiger partial charge in [-0.15, -0.1) is 0 Å². The van der Waals surface area contributed by atoms with Gasteiger partial charge in [-0.1, -0.05) is 12.1 Å². The average molecular weight is 408 g/mol. The second kappa shape index (κ2) is 10.8. The van der Waals surface area contributed by atoms with Crippen LogP contribution in [0.2, 0.25) is 0 Å². The van der Waals surface area contributed by atoms with Gasteiger partial charge in [0.1, 0.15) is 12.4 Å². The molecule has 2 aromatic rings. The summed E-state index contributed by atoms with van der Waals surface area (Å²) in [7, 11) is 1.27. The van der Waals surface area contributed by atoms with Gasteiger partial charge >= 0.3 is 6.61 Å². The van der Waals surface area contributed by atoms with Crippen LogP contribution in [0.4, 0.5) is 8.78 Å². The normalized spacial score (nSPS) is 10.4. The molecule has 2 amide bonds. The first-order valence-corrected chi connectivity index (χ1v) is 8.76. The fourth-order valence-corrected chi connectivity index (χ4v) is 2.39. The van der Waals surface area contributed by atoms with E-state index in [4.69, 9.17) is 9.47 Å². The number of ether oxygens (including phenoxy) is 3. The van der Waals surface area contributed by atoms with Crippen LogP contribution in [0.1, 0.15) is 15.9 Å². The van der Waals surface area contributed by atoms with Crippen LogP contribution in [0.25, 0.3) is 0 Å².